The quantitative estimate of drug-likeness (QED) is 0.916. The summed E-state index contributed by atoms with van der Waals surface area (Å²) < 4.78 is 38.8. The summed E-state index contributed by atoms with van der Waals surface area (Å²) in [6, 6.07) is 9.17. The molecule has 22 heavy (non-hydrogen) atoms. The lowest BCUT2D eigenvalue weighted by molar-refractivity contribution is -0.138. The van der Waals surface area contributed by atoms with Crippen molar-refractivity contribution >= 4 is 5.97 Å². The number of aliphatic carboxylic acids is 1. The van der Waals surface area contributed by atoms with Gasteiger partial charge in [-0.25, -0.2) is 0 Å². The van der Waals surface area contributed by atoms with E-state index in [4.69, 9.17) is 5.11 Å². The van der Waals surface area contributed by atoms with Gasteiger partial charge in [0.05, 0.1) is 11.3 Å². The molecule has 2 rings (SSSR count). The van der Waals surface area contributed by atoms with Gasteiger partial charge in [-0.2, -0.15) is 13.2 Å². The second kappa shape index (κ2) is 6.60. The topological polar surface area (TPSA) is 50.2 Å². The van der Waals surface area contributed by atoms with Crippen LogP contribution < -0.4 is 0 Å². The Morgan fingerprint density at radius 1 is 1.14 bits per heavy atom. The number of alkyl halides is 3. The molecule has 0 radical (unpaired) electrons. The smallest absolute Gasteiger partial charge is 0.418 e. The maximum absolute atomic E-state index is 12.9. The number of benzene rings is 1. The van der Waals surface area contributed by atoms with Crippen molar-refractivity contribution in [3.63, 3.8) is 0 Å². The van der Waals surface area contributed by atoms with Gasteiger partial charge in [0.1, 0.15) is 0 Å². The number of hydrogen-bond donors (Lipinski definition) is 1. The first-order valence-corrected chi connectivity index (χ1v) is 6.67. The summed E-state index contributed by atoms with van der Waals surface area (Å²) >= 11 is 0. The lowest BCUT2D eigenvalue weighted by atomic mass is 10.0. The van der Waals surface area contributed by atoms with Gasteiger partial charge in [-0.05, 0) is 29.7 Å². The van der Waals surface area contributed by atoms with Crippen LogP contribution >= 0.6 is 0 Å². The number of aromatic nitrogens is 1. The first-order chi connectivity index (χ1) is 10.4. The number of hydrogen-bond acceptors (Lipinski definition) is 2. The third kappa shape index (κ3) is 4.31. The van der Waals surface area contributed by atoms with Gasteiger partial charge in [-0.1, -0.05) is 24.3 Å². The minimum absolute atomic E-state index is 0.0131. The molecular weight excluding hydrogens is 295 g/mol. The molecule has 0 unspecified atom stereocenters. The molecular formula is C16H14F3NO2. The Balaban J connectivity index is 2.21. The first kappa shape index (κ1) is 16.0. The zero-order valence-corrected chi connectivity index (χ0v) is 11.6. The fourth-order valence-corrected chi connectivity index (χ4v) is 2.18. The van der Waals surface area contributed by atoms with E-state index < -0.39 is 17.7 Å². The zero-order chi connectivity index (χ0) is 16.2. The van der Waals surface area contributed by atoms with E-state index in [9.17, 15) is 18.0 Å². The molecule has 0 aliphatic heterocycles. The SMILES string of the molecule is O=C(O)CCc1cccc(Cc2ncccc2C(F)(F)F)c1. The minimum Gasteiger partial charge on any atom is -0.481 e. The van der Waals surface area contributed by atoms with Crippen molar-refractivity contribution in [3.8, 4) is 0 Å². The highest BCUT2D eigenvalue weighted by atomic mass is 19.4. The van der Waals surface area contributed by atoms with Crippen molar-refractivity contribution in [3.05, 3.63) is 65.0 Å². The molecule has 0 aliphatic rings. The molecule has 0 amide bonds. The molecule has 6 heteroatoms. The number of carboxylic acids is 1. The van der Waals surface area contributed by atoms with Crippen LogP contribution in [-0.4, -0.2) is 16.1 Å². The van der Waals surface area contributed by atoms with Crippen molar-refractivity contribution in [2.75, 3.05) is 0 Å². The van der Waals surface area contributed by atoms with Gasteiger partial charge in [-0.3, -0.25) is 9.78 Å². The Hall–Kier alpha value is -2.37. The number of aryl methyl sites for hydroxylation is 1. The molecule has 3 nitrogen and oxygen atoms in total. The van der Waals surface area contributed by atoms with E-state index in [1.54, 1.807) is 24.3 Å². The largest absolute Gasteiger partial charge is 0.481 e. The van der Waals surface area contributed by atoms with Crippen molar-refractivity contribution in [2.24, 2.45) is 0 Å². The summed E-state index contributed by atoms with van der Waals surface area (Å²) in [7, 11) is 0. The minimum atomic E-state index is -4.44. The average molecular weight is 309 g/mol. The molecule has 1 aromatic carbocycles. The normalized spacial score (nSPS) is 11.4. The number of nitrogens with zero attached hydrogens (tertiary/aromatic N) is 1. The maximum atomic E-state index is 12.9. The summed E-state index contributed by atoms with van der Waals surface area (Å²) in [6.07, 6.45) is -2.72. The van der Waals surface area contributed by atoms with Crippen molar-refractivity contribution < 1.29 is 23.1 Å². The van der Waals surface area contributed by atoms with E-state index in [2.05, 4.69) is 4.98 Å². The number of carboxylic acid groups (broad SMARTS) is 1. The van der Waals surface area contributed by atoms with Crippen LogP contribution in [0.3, 0.4) is 0 Å². The van der Waals surface area contributed by atoms with E-state index in [1.165, 1.54) is 12.3 Å². The Labute approximate surface area is 125 Å². The number of halogens is 3. The number of pyridine rings is 1. The molecule has 2 aromatic rings. The van der Waals surface area contributed by atoms with E-state index in [1.807, 2.05) is 0 Å². The fraction of sp³-hybridized carbons (Fsp3) is 0.250. The predicted octanol–water partition coefficient (Wildman–Crippen LogP) is 3.71. The molecule has 1 N–H and O–H groups in total. The van der Waals surface area contributed by atoms with E-state index in [-0.39, 0.29) is 18.5 Å². The highest BCUT2D eigenvalue weighted by Gasteiger charge is 2.33. The van der Waals surface area contributed by atoms with Gasteiger partial charge in [0.25, 0.3) is 0 Å². The molecule has 0 bridgehead atoms. The van der Waals surface area contributed by atoms with Gasteiger partial charge >= 0.3 is 12.1 Å². The molecule has 0 fully saturated rings. The standard InChI is InChI=1S/C16H14F3NO2/c17-16(18,19)13-5-2-8-20-14(13)10-12-4-1-3-11(9-12)6-7-15(21)22/h1-5,8-9H,6-7,10H2,(H,21,22). The molecule has 0 saturated heterocycles. The van der Waals surface area contributed by atoms with E-state index in [0.29, 0.717) is 12.0 Å². The lowest BCUT2D eigenvalue weighted by Crippen LogP contribution is -2.11. The average Bonchev–Trinajstić information content (AvgIpc) is 2.45. The maximum Gasteiger partial charge on any atom is 0.418 e. The molecule has 1 heterocycles. The molecule has 116 valence electrons. The van der Waals surface area contributed by atoms with Crippen LogP contribution in [0.1, 0.15) is 28.8 Å². The van der Waals surface area contributed by atoms with Crippen LogP contribution in [0.25, 0.3) is 0 Å². The van der Waals surface area contributed by atoms with Crippen molar-refractivity contribution in [1.82, 2.24) is 4.98 Å². The van der Waals surface area contributed by atoms with Gasteiger partial charge in [0.2, 0.25) is 0 Å². The summed E-state index contributed by atoms with van der Waals surface area (Å²) in [6.45, 7) is 0. The van der Waals surface area contributed by atoms with Crippen LogP contribution in [0.15, 0.2) is 42.6 Å². The number of carbonyl (C=O) groups is 1. The van der Waals surface area contributed by atoms with Gasteiger partial charge in [0, 0.05) is 19.0 Å². The van der Waals surface area contributed by atoms with Crippen LogP contribution in [0, 0.1) is 0 Å². The molecule has 0 saturated carbocycles. The molecule has 0 aliphatic carbocycles. The third-order valence-electron chi connectivity index (χ3n) is 3.19. The Morgan fingerprint density at radius 2 is 1.86 bits per heavy atom. The van der Waals surface area contributed by atoms with Crippen molar-refractivity contribution in [2.45, 2.75) is 25.4 Å². The molecule has 1 aromatic heterocycles. The zero-order valence-electron chi connectivity index (χ0n) is 11.6. The summed E-state index contributed by atoms with van der Waals surface area (Å²) in [5.41, 5.74) is 0.674. The van der Waals surface area contributed by atoms with Crippen molar-refractivity contribution in [1.29, 1.82) is 0 Å². The molecule has 0 spiro atoms. The highest BCUT2D eigenvalue weighted by molar-refractivity contribution is 5.67. The van der Waals surface area contributed by atoms with E-state index in [0.717, 1.165) is 11.6 Å². The Bertz CT molecular complexity index is 668. The lowest BCUT2D eigenvalue weighted by Gasteiger charge is -2.12. The predicted molar refractivity (Wildman–Crippen MR) is 74.4 cm³/mol. The first-order valence-electron chi connectivity index (χ1n) is 6.67. The Kier molecular flexibility index (Phi) is 4.80. The van der Waals surface area contributed by atoms with Crippen LogP contribution in [-0.2, 0) is 23.8 Å². The summed E-state index contributed by atoms with van der Waals surface area (Å²) in [4.78, 5) is 14.4. The summed E-state index contributed by atoms with van der Waals surface area (Å²) in [5, 5.41) is 8.67. The fourth-order valence-electron chi connectivity index (χ4n) is 2.18. The third-order valence-corrected chi connectivity index (χ3v) is 3.19. The van der Waals surface area contributed by atoms with Gasteiger partial charge < -0.3 is 5.11 Å². The van der Waals surface area contributed by atoms with Crippen LogP contribution in [0.5, 0.6) is 0 Å². The highest BCUT2D eigenvalue weighted by Crippen LogP contribution is 2.31. The Morgan fingerprint density at radius 3 is 2.55 bits per heavy atom. The molecule has 0 atom stereocenters. The van der Waals surface area contributed by atoms with Crippen LogP contribution in [0.4, 0.5) is 13.2 Å². The number of rotatable bonds is 5. The van der Waals surface area contributed by atoms with Gasteiger partial charge in [-0.15, -0.1) is 0 Å². The van der Waals surface area contributed by atoms with Gasteiger partial charge in [0.15, 0.2) is 0 Å². The summed E-state index contributed by atoms with van der Waals surface area (Å²) in [5.74, 6) is -0.908. The second-order valence-electron chi connectivity index (χ2n) is 4.89. The van der Waals surface area contributed by atoms with E-state index >= 15 is 0 Å². The van der Waals surface area contributed by atoms with Crippen LogP contribution in [0.2, 0.25) is 0 Å². The monoisotopic (exact) mass is 309 g/mol. The second-order valence-corrected chi connectivity index (χ2v) is 4.89.